The van der Waals surface area contributed by atoms with Crippen LogP contribution in [0.15, 0.2) is 39.3 Å². The Morgan fingerprint density at radius 1 is 0.895 bits per heavy atom. The first-order valence-electron chi connectivity index (χ1n) is 5.29. The quantitative estimate of drug-likeness (QED) is 0.750. The number of benzene rings is 2. The maximum atomic E-state index is 13.6. The van der Waals surface area contributed by atoms with Crippen molar-refractivity contribution in [3.63, 3.8) is 0 Å². The normalized spacial score (nSPS) is 10.6. The second kappa shape index (κ2) is 5.96. The highest BCUT2D eigenvalue weighted by atomic mass is 79.9. The highest BCUT2D eigenvalue weighted by Gasteiger charge is 2.10. The zero-order chi connectivity index (χ0) is 14.0. The minimum absolute atomic E-state index is 0.137. The number of halogens is 5. The largest absolute Gasteiger partial charge is 0.378 e. The van der Waals surface area contributed by atoms with E-state index in [-0.39, 0.29) is 22.5 Å². The predicted octanol–water partition coefficient (Wildman–Crippen LogP) is 5.24. The minimum atomic E-state index is -0.709. The van der Waals surface area contributed by atoms with Gasteiger partial charge in [0.2, 0.25) is 0 Å². The van der Waals surface area contributed by atoms with Crippen LogP contribution in [-0.4, -0.2) is 0 Å². The molecule has 0 aliphatic heterocycles. The van der Waals surface area contributed by atoms with Crippen LogP contribution < -0.4 is 5.32 Å². The van der Waals surface area contributed by atoms with Gasteiger partial charge in [-0.3, -0.25) is 0 Å². The van der Waals surface area contributed by atoms with Crippen molar-refractivity contribution in [1.29, 1.82) is 0 Å². The standard InChI is InChI=1S/C13H8Br2F3N/c14-10-2-1-8(16)3-7(10)6-19-13-11(15)4-9(17)5-12(13)18/h1-5,19H,6H2. The van der Waals surface area contributed by atoms with E-state index in [2.05, 4.69) is 37.2 Å². The topological polar surface area (TPSA) is 12.0 Å². The summed E-state index contributed by atoms with van der Waals surface area (Å²) in [6, 6.07) is 6.18. The molecule has 0 atom stereocenters. The fourth-order valence-corrected chi connectivity index (χ4v) is 2.51. The Hall–Kier alpha value is -1.01. The Kier molecular flexibility index (Phi) is 4.52. The molecule has 0 aliphatic rings. The third kappa shape index (κ3) is 3.51. The zero-order valence-corrected chi connectivity index (χ0v) is 12.7. The average Bonchev–Trinajstić information content (AvgIpc) is 2.32. The van der Waals surface area contributed by atoms with Gasteiger partial charge in [-0.25, -0.2) is 13.2 Å². The molecule has 0 aromatic heterocycles. The van der Waals surface area contributed by atoms with Crippen LogP contribution in [0.1, 0.15) is 5.56 Å². The Labute approximate surface area is 125 Å². The van der Waals surface area contributed by atoms with Crippen molar-refractivity contribution >= 4 is 37.5 Å². The molecule has 2 aromatic carbocycles. The fourth-order valence-electron chi connectivity index (χ4n) is 1.57. The van der Waals surface area contributed by atoms with Gasteiger partial charge in [0, 0.05) is 21.6 Å². The first-order valence-corrected chi connectivity index (χ1v) is 6.88. The maximum Gasteiger partial charge on any atom is 0.150 e. The minimum Gasteiger partial charge on any atom is -0.378 e. The molecular weight excluding hydrogens is 387 g/mol. The molecule has 2 aromatic rings. The van der Waals surface area contributed by atoms with Crippen LogP contribution in [0, 0.1) is 17.5 Å². The van der Waals surface area contributed by atoms with Crippen molar-refractivity contribution < 1.29 is 13.2 Å². The summed E-state index contributed by atoms with van der Waals surface area (Å²) in [5.41, 5.74) is 0.771. The summed E-state index contributed by atoms with van der Waals surface area (Å²) in [7, 11) is 0. The number of hydrogen-bond donors (Lipinski definition) is 1. The number of rotatable bonds is 3. The SMILES string of the molecule is Fc1cc(F)c(NCc2cc(F)ccc2Br)c(Br)c1. The van der Waals surface area contributed by atoms with E-state index in [1.807, 2.05) is 0 Å². The van der Waals surface area contributed by atoms with Crippen molar-refractivity contribution in [3.05, 3.63) is 62.3 Å². The lowest BCUT2D eigenvalue weighted by Crippen LogP contribution is -2.04. The number of nitrogens with one attached hydrogen (secondary N) is 1. The molecule has 0 unspecified atom stereocenters. The van der Waals surface area contributed by atoms with E-state index in [0.29, 0.717) is 10.0 Å². The van der Waals surface area contributed by atoms with Crippen molar-refractivity contribution in [2.45, 2.75) is 6.54 Å². The number of anilines is 1. The van der Waals surface area contributed by atoms with Gasteiger partial charge in [0.1, 0.15) is 17.5 Å². The second-order valence-electron chi connectivity index (χ2n) is 3.83. The molecule has 0 bridgehead atoms. The molecule has 0 saturated carbocycles. The number of hydrogen-bond acceptors (Lipinski definition) is 1. The molecule has 0 fully saturated rings. The van der Waals surface area contributed by atoms with Gasteiger partial charge in [-0.15, -0.1) is 0 Å². The van der Waals surface area contributed by atoms with E-state index in [0.717, 1.165) is 12.1 Å². The smallest absolute Gasteiger partial charge is 0.150 e. The highest BCUT2D eigenvalue weighted by molar-refractivity contribution is 9.10. The van der Waals surface area contributed by atoms with Crippen LogP contribution in [0.25, 0.3) is 0 Å². The summed E-state index contributed by atoms with van der Waals surface area (Å²) < 4.78 is 40.6. The summed E-state index contributed by atoms with van der Waals surface area (Å²) in [6.07, 6.45) is 0. The van der Waals surface area contributed by atoms with E-state index in [1.54, 1.807) is 6.07 Å². The maximum absolute atomic E-state index is 13.6. The van der Waals surface area contributed by atoms with Crippen LogP contribution in [0.3, 0.4) is 0 Å². The van der Waals surface area contributed by atoms with Crippen LogP contribution in [0.2, 0.25) is 0 Å². The molecule has 0 heterocycles. The van der Waals surface area contributed by atoms with E-state index >= 15 is 0 Å². The van der Waals surface area contributed by atoms with Crippen molar-refractivity contribution in [3.8, 4) is 0 Å². The lowest BCUT2D eigenvalue weighted by Gasteiger charge is -2.11. The molecular formula is C13H8Br2F3N. The van der Waals surface area contributed by atoms with E-state index < -0.39 is 11.6 Å². The van der Waals surface area contributed by atoms with Crippen molar-refractivity contribution in [2.75, 3.05) is 5.32 Å². The third-order valence-corrected chi connectivity index (χ3v) is 3.87. The molecule has 100 valence electrons. The summed E-state index contributed by atoms with van der Waals surface area (Å²) in [6.45, 7) is 0.208. The molecule has 0 amide bonds. The fraction of sp³-hybridized carbons (Fsp3) is 0.0769. The van der Waals surface area contributed by atoms with Gasteiger partial charge >= 0.3 is 0 Å². The average molecular weight is 395 g/mol. The van der Waals surface area contributed by atoms with E-state index in [1.165, 1.54) is 12.1 Å². The highest BCUT2D eigenvalue weighted by Crippen LogP contribution is 2.28. The zero-order valence-electron chi connectivity index (χ0n) is 9.48. The summed E-state index contributed by atoms with van der Waals surface area (Å²) >= 11 is 6.36. The summed E-state index contributed by atoms with van der Waals surface area (Å²) in [4.78, 5) is 0. The Morgan fingerprint density at radius 2 is 1.63 bits per heavy atom. The third-order valence-electron chi connectivity index (χ3n) is 2.47. The lowest BCUT2D eigenvalue weighted by atomic mass is 10.2. The first kappa shape index (κ1) is 14.4. The molecule has 1 nitrogen and oxygen atoms in total. The van der Waals surface area contributed by atoms with E-state index in [9.17, 15) is 13.2 Å². The summed E-state index contributed by atoms with van der Waals surface area (Å²) in [5.74, 6) is -1.75. The van der Waals surface area contributed by atoms with Gasteiger partial charge in [0.15, 0.2) is 0 Å². The molecule has 0 aliphatic carbocycles. The summed E-state index contributed by atoms with van der Waals surface area (Å²) in [5, 5.41) is 2.81. The van der Waals surface area contributed by atoms with Gasteiger partial charge < -0.3 is 5.32 Å². The van der Waals surface area contributed by atoms with E-state index in [4.69, 9.17) is 0 Å². The van der Waals surface area contributed by atoms with Gasteiger partial charge in [-0.05, 0) is 45.8 Å². The molecule has 2 rings (SSSR count). The molecule has 0 saturated heterocycles. The predicted molar refractivity (Wildman–Crippen MR) is 75.5 cm³/mol. The lowest BCUT2D eigenvalue weighted by molar-refractivity contribution is 0.583. The first-order chi connectivity index (χ1) is 8.97. The Morgan fingerprint density at radius 3 is 2.32 bits per heavy atom. The van der Waals surface area contributed by atoms with Crippen LogP contribution in [0.5, 0.6) is 0 Å². The monoisotopic (exact) mass is 393 g/mol. The van der Waals surface area contributed by atoms with Gasteiger partial charge in [0.25, 0.3) is 0 Å². The van der Waals surface area contributed by atoms with Gasteiger partial charge in [-0.2, -0.15) is 0 Å². The second-order valence-corrected chi connectivity index (χ2v) is 5.54. The molecule has 0 spiro atoms. The molecule has 1 N–H and O–H groups in total. The van der Waals surface area contributed by atoms with Crippen LogP contribution >= 0.6 is 31.9 Å². The van der Waals surface area contributed by atoms with Crippen LogP contribution in [-0.2, 0) is 6.54 Å². The molecule has 19 heavy (non-hydrogen) atoms. The van der Waals surface area contributed by atoms with Gasteiger partial charge in [0.05, 0.1) is 5.69 Å². The Balaban J connectivity index is 2.21. The van der Waals surface area contributed by atoms with Crippen molar-refractivity contribution in [2.24, 2.45) is 0 Å². The molecule has 0 radical (unpaired) electrons. The van der Waals surface area contributed by atoms with Crippen molar-refractivity contribution in [1.82, 2.24) is 0 Å². The van der Waals surface area contributed by atoms with Crippen LogP contribution in [0.4, 0.5) is 18.9 Å². The Bertz CT molecular complexity index is 594. The van der Waals surface area contributed by atoms with Gasteiger partial charge in [-0.1, -0.05) is 15.9 Å². The molecule has 6 heteroatoms.